The first-order valence-electron chi connectivity index (χ1n) is 7.15. The molecular formula is C17H20N2O3. The fourth-order valence-corrected chi connectivity index (χ4v) is 2.25. The first-order chi connectivity index (χ1) is 10.4. The van der Waals surface area contributed by atoms with Crippen LogP contribution in [0.25, 0.3) is 0 Å². The smallest absolute Gasteiger partial charge is 0.263 e. The number of aryl methyl sites for hydroxylation is 2. The zero-order valence-electron chi connectivity index (χ0n) is 13.3. The molecule has 2 aromatic rings. The molecule has 22 heavy (non-hydrogen) atoms. The molecule has 5 heteroatoms. The lowest BCUT2D eigenvalue weighted by Crippen LogP contribution is -2.30. The molecule has 0 unspecified atom stereocenters. The Labute approximate surface area is 129 Å². The van der Waals surface area contributed by atoms with Gasteiger partial charge in [-0.15, -0.1) is 0 Å². The maximum atomic E-state index is 12.4. The molecule has 2 rings (SSSR count). The van der Waals surface area contributed by atoms with Crippen LogP contribution in [0.4, 0.5) is 5.69 Å². The Kier molecular flexibility index (Phi) is 4.65. The van der Waals surface area contributed by atoms with E-state index in [2.05, 4.69) is 5.32 Å². The van der Waals surface area contributed by atoms with E-state index in [9.17, 15) is 9.59 Å². The van der Waals surface area contributed by atoms with E-state index in [0.717, 1.165) is 11.4 Å². The van der Waals surface area contributed by atoms with Crippen molar-refractivity contribution < 1.29 is 9.53 Å². The SMILES string of the molecule is CCOc1ccc(NC(=O)c2c(C)cc(C)n(C)c2=O)cc1. The summed E-state index contributed by atoms with van der Waals surface area (Å²) in [5, 5.41) is 2.75. The van der Waals surface area contributed by atoms with Gasteiger partial charge in [0.25, 0.3) is 11.5 Å². The highest BCUT2D eigenvalue weighted by atomic mass is 16.5. The number of anilines is 1. The molecule has 1 aromatic heterocycles. The minimum absolute atomic E-state index is 0.169. The molecule has 0 aliphatic rings. The van der Waals surface area contributed by atoms with Gasteiger partial charge in [0, 0.05) is 18.4 Å². The molecule has 0 aliphatic heterocycles. The monoisotopic (exact) mass is 300 g/mol. The predicted molar refractivity (Wildman–Crippen MR) is 86.7 cm³/mol. The van der Waals surface area contributed by atoms with Gasteiger partial charge < -0.3 is 14.6 Å². The van der Waals surface area contributed by atoms with Crippen molar-refractivity contribution >= 4 is 11.6 Å². The third kappa shape index (κ3) is 3.19. The first-order valence-corrected chi connectivity index (χ1v) is 7.15. The summed E-state index contributed by atoms with van der Waals surface area (Å²) in [4.78, 5) is 24.6. The van der Waals surface area contributed by atoms with Crippen LogP contribution in [-0.2, 0) is 7.05 Å². The lowest BCUT2D eigenvalue weighted by Gasteiger charge is -2.11. The summed E-state index contributed by atoms with van der Waals surface area (Å²) in [7, 11) is 1.66. The highest BCUT2D eigenvalue weighted by Gasteiger charge is 2.16. The molecule has 1 heterocycles. The summed E-state index contributed by atoms with van der Waals surface area (Å²) < 4.78 is 6.82. The Balaban J connectivity index is 2.26. The number of benzene rings is 1. The zero-order valence-corrected chi connectivity index (χ0v) is 13.3. The largest absolute Gasteiger partial charge is 0.494 e. The van der Waals surface area contributed by atoms with Crippen LogP contribution in [0.2, 0.25) is 0 Å². The zero-order chi connectivity index (χ0) is 16.3. The van der Waals surface area contributed by atoms with Crippen molar-refractivity contribution in [1.29, 1.82) is 0 Å². The summed E-state index contributed by atoms with van der Waals surface area (Å²) in [5.74, 6) is 0.338. The second kappa shape index (κ2) is 6.47. The van der Waals surface area contributed by atoms with Crippen LogP contribution in [-0.4, -0.2) is 17.1 Å². The van der Waals surface area contributed by atoms with Crippen molar-refractivity contribution in [1.82, 2.24) is 4.57 Å². The molecule has 0 bridgehead atoms. The second-order valence-electron chi connectivity index (χ2n) is 5.12. The van der Waals surface area contributed by atoms with Crippen LogP contribution in [0.5, 0.6) is 5.75 Å². The number of ether oxygens (including phenoxy) is 1. The lowest BCUT2D eigenvalue weighted by atomic mass is 10.1. The molecule has 0 spiro atoms. The highest BCUT2D eigenvalue weighted by molar-refractivity contribution is 6.05. The van der Waals surface area contributed by atoms with Gasteiger partial charge in [0.2, 0.25) is 0 Å². The number of hydrogen-bond acceptors (Lipinski definition) is 3. The maximum Gasteiger partial charge on any atom is 0.263 e. The molecule has 0 saturated heterocycles. The fourth-order valence-electron chi connectivity index (χ4n) is 2.25. The van der Waals surface area contributed by atoms with Crippen LogP contribution in [0, 0.1) is 13.8 Å². The number of nitrogens with one attached hydrogen (secondary N) is 1. The van der Waals surface area contributed by atoms with Crippen LogP contribution in [0.3, 0.4) is 0 Å². The summed E-state index contributed by atoms with van der Waals surface area (Å²) in [5.41, 5.74) is 1.99. The minimum Gasteiger partial charge on any atom is -0.494 e. The predicted octanol–water partition coefficient (Wildman–Crippen LogP) is 2.65. The van der Waals surface area contributed by atoms with Gasteiger partial charge in [-0.3, -0.25) is 9.59 Å². The molecule has 0 fully saturated rings. The first kappa shape index (κ1) is 15.8. The summed E-state index contributed by atoms with van der Waals surface area (Å²) in [6.07, 6.45) is 0. The second-order valence-corrected chi connectivity index (χ2v) is 5.12. The third-order valence-corrected chi connectivity index (χ3v) is 3.52. The standard InChI is InChI=1S/C17H20N2O3/c1-5-22-14-8-6-13(7-9-14)18-16(20)15-11(2)10-12(3)19(4)17(15)21/h6-10H,5H2,1-4H3,(H,18,20). The Morgan fingerprint density at radius 2 is 1.86 bits per heavy atom. The van der Waals surface area contributed by atoms with Crippen molar-refractivity contribution in [3.05, 3.63) is 57.5 Å². The van der Waals surface area contributed by atoms with Gasteiger partial charge in [-0.2, -0.15) is 0 Å². The van der Waals surface area contributed by atoms with Gasteiger partial charge in [-0.1, -0.05) is 0 Å². The molecule has 0 saturated carbocycles. The van der Waals surface area contributed by atoms with Crippen molar-refractivity contribution in [3.8, 4) is 5.75 Å². The molecular weight excluding hydrogens is 280 g/mol. The Hall–Kier alpha value is -2.56. The average Bonchev–Trinajstić information content (AvgIpc) is 2.47. The number of carbonyl (C=O) groups excluding carboxylic acids is 1. The number of amides is 1. The maximum absolute atomic E-state index is 12.4. The summed E-state index contributed by atoms with van der Waals surface area (Å²) in [6.45, 7) is 6.10. The van der Waals surface area contributed by atoms with E-state index in [1.807, 2.05) is 19.9 Å². The number of pyridine rings is 1. The fraction of sp³-hybridized carbons (Fsp3) is 0.294. The van der Waals surface area contributed by atoms with Gasteiger partial charge >= 0.3 is 0 Å². The van der Waals surface area contributed by atoms with Gasteiger partial charge in [0.05, 0.1) is 6.61 Å². The van der Waals surface area contributed by atoms with Crippen molar-refractivity contribution in [2.24, 2.45) is 7.05 Å². The lowest BCUT2D eigenvalue weighted by molar-refractivity contribution is 0.102. The van der Waals surface area contributed by atoms with E-state index in [1.54, 1.807) is 38.2 Å². The highest BCUT2D eigenvalue weighted by Crippen LogP contribution is 2.16. The number of carbonyl (C=O) groups is 1. The normalized spacial score (nSPS) is 10.4. The molecule has 1 amide bonds. The molecule has 1 N–H and O–H groups in total. The number of rotatable bonds is 4. The van der Waals surface area contributed by atoms with Crippen LogP contribution in [0.15, 0.2) is 35.1 Å². The van der Waals surface area contributed by atoms with E-state index in [1.165, 1.54) is 4.57 Å². The van der Waals surface area contributed by atoms with E-state index >= 15 is 0 Å². The summed E-state index contributed by atoms with van der Waals surface area (Å²) in [6, 6.07) is 8.88. The van der Waals surface area contributed by atoms with Gasteiger partial charge in [-0.05, 0) is 56.7 Å². The van der Waals surface area contributed by atoms with Crippen molar-refractivity contribution in [2.45, 2.75) is 20.8 Å². The van der Waals surface area contributed by atoms with Crippen LogP contribution >= 0.6 is 0 Å². The Bertz CT molecular complexity index is 746. The minimum atomic E-state index is -0.401. The Morgan fingerprint density at radius 3 is 2.45 bits per heavy atom. The van der Waals surface area contributed by atoms with E-state index in [-0.39, 0.29) is 11.1 Å². The number of hydrogen-bond donors (Lipinski definition) is 1. The van der Waals surface area contributed by atoms with Crippen LogP contribution < -0.4 is 15.6 Å². The van der Waals surface area contributed by atoms with Gasteiger partial charge in [0.1, 0.15) is 11.3 Å². The molecule has 1 aromatic carbocycles. The quantitative estimate of drug-likeness (QED) is 0.944. The van der Waals surface area contributed by atoms with Gasteiger partial charge in [-0.25, -0.2) is 0 Å². The average molecular weight is 300 g/mol. The molecule has 0 radical (unpaired) electrons. The molecule has 5 nitrogen and oxygen atoms in total. The molecule has 0 atom stereocenters. The van der Waals surface area contributed by atoms with E-state index in [4.69, 9.17) is 4.74 Å². The van der Waals surface area contributed by atoms with E-state index in [0.29, 0.717) is 17.9 Å². The third-order valence-electron chi connectivity index (χ3n) is 3.52. The van der Waals surface area contributed by atoms with Gasteiger partial charge in [0.15, 0.2) is 0 Å². The molecule has 116 valence electrons. The Morgan fingerprint density at radius 1 is 1.23 bits per heavy atom. The number of aromatic nitrogens is 1. The van der Waals surface area contributed by atoms with E-state index < -0.39 is 5.91 Å². The van der Waals surface area contributed by atoms with Crippen LogP contribution in [0.1, 0.15) is 28.5 Å². The summed E-state index contributed by atoms with van der Waals surface area (Å²) >= 11 is 0. The van der Waals surface area contributed by atoms with Crippen molar-refractivity contribution in [3.63, 3.8) is 0 Å². The van der Waals surface area contributed by atoms with Crippen molar-refractivity contribution in [2.75, 3.05) is 11.9 Å². The topological polar surface area (TPSA) is 60.3 Å². The number of nitrogens with zero attached hydrogens (tertiary/aromatic N) is 1. The molecule has 0 aliphatic carbocycles.